The van der Waals surface area contributed by atoms with Crippen LogP contribution >= 0.6 is 15.9 Å². The molecule has 0 spiro atoms. The Morgan fingerprint density at radius 1 is 0.909 bits per heavy atom. The molecule has 2 aromatic carbocycles. The molecule has 0 aliphatic heterocycles. The van der Waals surface area contributed by atoms with E-state index < -0.39 is 10.0 Å². The highest BCUT2D eigenvalue weighted by Gasteiger charge is 2.17. The Labute approximate surface area is 137 Å². The second-order valence-electron chi connectivity index (χ2n) is 4.68. The molecular formula is C16H13BrN2O2S. The van der Waals surface area contributed by atoms with Gasteiger partial charge < -0.3 is 4.57 Å². The molecule has 0 aliphatic rings. The van der Waals surface area contributed by atoms with Crippen LogP contribution < -0.4 is 4.72 Å². The van der Waals surface area contributed by atoms with Crippen molar-refractivity contribution >= 4 is 31.6 Å². The van der Waals surface area contributed by atoms with E-state index in [1.807, 2.05) is 41.2 Å². The first-order valence-electron chi connectivity index (χ1n) is 6.57. The normalized spacial score (nSPS) is 11.3. The van der Waals surface area contributed by atoms with Gasteiger partial charge >= 0.3 is 0 Å². The van der Waals surface area contributed by atoms with E-state index >= 15 is 0 Å². The lowest BCUT2D eigenvalue weighted by Gasteiger charge is -2.11. The maximum Gasteiger partial charge on any atom is 0.263 e. The molecule has 0 radical (unpaired) electrons. The van der Waals surface area contributed by atoms with E-state index in [-0.39, 0.29) is 4.90 Å². The zero-order valence-corrected chi connectivity index (χ0v) is 13.9. The van der Waals surface area contributed by atoms with Crippen molar-refractivity contribution in [2.75, 3.05) is 4.72 Å². The second kappa shape index (κ2) is 5.98. The van der Waals surface area contributed by atoms with Crippen LogP contribution in [-0.2, 0) is 10.0 Å². The van der Waals surface area contributed by atoms with Crippen LogP contribution in [-0.4, -0.2) is 13.0 Å². The fraction of sp³-hybridized carbons (Fsp3) is 0. The Bertz CT molecular complexity index is 890. The quantitative estimate of drug-likeness (QED) is 0.746. The van der Waals surface area contributed by atoms with E-state index in [1.54, 1.807) is 36.4 Å². The van der Waals surface area contributed by atoms with Crippen LogP contribution in [0.3, 0.4) is 0 Å². The van der Waals surface area contributed by atoms with E-state index in [4.69, 9.17) is 0 Å². The van der Waals surface area contributed by atoms with E-state index in [0.717, 1.165) is 5.69 Å². The lowest BCUT2D eigenvalue weighted by atomic mass is 10.3. The van der Waals surface area contributed by atoms with Gasteiger partial charge in [0.05, 0.1) is 5.69 Å². The topological polar surface area (TPSA) is 51.1 Å². The molecule has 0 saturated carbocycles. The SMILES string of the molecule is O=S(=O)(Nc1cccc(-n2cccc2)c1)c1ccccc1Br. The standard InChI is InChI=1S/C16H13BrN2O2S/c17-15-8-1-2-9-16(15)22(20,21)18-13-6-5-7-14(12-13)19-10-3-4-11-19/h1-12,18H. The first-order valence-corrected chi connectivity index (χ1v) is 8.85. The summed E-state index contributed by atoms with van der Waals surface area (Å²) in [7, 11) is -3.64. The lowest BCUT2D eigenvalue weighted by Crippen LogP contribution is -2.13. The summed E-state index contributed by atoms with van der Waals surface area (Å²) in [6.45, 7) is 0. The van der Waals surface area contributed by atoms with Gasteiger partial charge in [-0.05, 0) is 58.4 Å². The molecule has 0 aliphatic carbocycles. The molecule has 0 saturated heterocycles. The van der Waals surface area contributed by atoms with E-state index in [9.17, 15) is 8.42 Å². The van der Waals surface area contributed by atoms with Gasteiger partial charge in [0.15, 0.2) is 0 Å². The van der Waals surface area contributed by atoms with Gasteiger partial charge in [0.1, 0.15) is 4.90 Å². The minimum atomic E-state index is -3.64. The van der Waals surface area contributed by atoms with Gasteiger partial charge in [0.2, 0.25) is 0 Å². The van der Waals surface area contributed by atoms with Crippen molar-refractivity contribution in [3.05, 3.63) is 77.5 Å². The fourth-order valence-corrected chi connectivity index (χ4v) is 4.16. The molecule has 1 N–H and O–H groups in total. The zero-order valence-electron chi connectivity index (χ0n) is 11.5. The van der Waals surface area contributed by atoms with Gasteiger partial charge in [-0.25, -0.2) is 8.42 Å². The van der Waals surface area contributed by atoms with E-state index in [0.29, 0.717) is 10.2 Å². The molecule has 0 unspecified atom stereocenters. The highest BCUT2D eigenvalue weighted by molar-refractivity contribution is 9.10. The first kappa shape index (κ1) is 14.9. The number of sulfonamides is 1. The summed E-state index contributed by atoms with van der Waals surface area (Å²) in [5.74, 6) is 0. The molecule has 0 bridgehead atoms. The Hall–Kier alpha value is -2.05. The Kier molecular flexibility index (Phi) is 4.04. The Morgan fingerprint density at radius 3 is 2.36 bits per heavy atom. The van der Waals surface area contributed by atoms with Crippen molar-refractivity contribution < 1.29 is 8.42 Å². The van der Waals surface area contributed by atoms with Crippen molar-refractivity contribution in [2.24, 2.45) is 0 Å². The smallest absolute Gasteiger partial charge is 0.263 e. The second-order valence-corrected chi connectivity index (χ2v) is 7.18. The molecule has 3 rings (SSSR count). The molecule has 0 atom stereocenters. The summed E-state index contributed by atoms with van der Waals surface area (Å²) in [5.41, 5.74) is 1.40. The van der Waals surface area contributed by atoms with Crippen molar-refractivity contribution in [3.63, 3.8) is 0 Å². The number of nitrogens with one attached hydrogen (secondary N) is 1. The fourth-order valence-electron chi connectivity index (χ4n) is 2.11. The third-order valence-corrected chi connectivity index (χ3v) is 5.52. The van der Waals surface area contributed by atoms with Crippen LogP contribution in [0.2, 0.25) is 0 Å². The molecule has 22 heavy (non-hydrogen) atoms. The number of halogens is 1. The van der Waals surface area contributed by atoms with Gasteiger partial charge in [-0.3, -0.25) is 4.72 Å². The van der Waals surface area contributed by atoms with Gasteiger partial charge in [-0.2, -0.15) is 0 Å². The average molecular weight is 377 g/mol. The first-order chi connectivity index (χ1) is 10.6. The summed E-state index contributed by atoms with van der Waals surface area (Å²) in [6, 6.07) is 17.8. The molecule has 112 valence electrons. The van der Waals surface area contributed by atoms with Crippen molar-refractivity contribution in [1.82, 2.24) is 4.57 Å². The predicted molar refractivity (Wildman–Crippen MR) is 90.7 cm³/mol. The van der Waals surface area contributed by atoms with Crippen LogP contribution in [0.25, 0.3) is 5.69 Å². The zero-order chi connectivity index (χ0) is 15.6. The number of nitrogens with zero attached hydrogens (tertiary/aromatic N) is 1. The van der Waals surface area contributed by atoms with Gasteiger partial charge in [-0.1, -0.05) is 18.2 Å². The molecular weight excluding hydrogens is 364 g/mol. The molecule has 1 heterocycles. The number of aromatic nitrogens is 1. The van der Waals surface area contributed by atoms with Crippen LogP contribution in [0.4, 0.5) is 5.69 Å². The lowest BCUT2D eigenvalue weighted by molar-refractivity contribution is 0.601. The number of anilines is 1. The third-order valence-electron chi connectivity index (χ3n) is 3.13. The highest BCUT2D eigenvalue weighted by atomic mass is 79.9. The minimum Gasteiger partial charge on any atom is -0.324 e. The molecule has 4 nitrogen and oxygen atoms in total. The number of rotatable bonds is 4. The van der Waals surface area contributed by atoms with E-state index in [2.05, 4.69) is 20.7 Å². The molecule has 0 amide bonds. The van der Waals surface area contributed by atoms with Crippen molar-refractivity contribution in [2.45, 2.75) is 4.90 Å². The van der Waals surface area contributed by atoms with Crippen molar-refractivity contribution in [3.8, 4) is 5.69 Å². The Balaban J connectivity index is 1.93. The summed E-state index contributed by atoms with van der Waals surface area (Å²) < 4.78 is 30.0. The monoisotopic (exact) mass is 376 g/mol. The summed E-state index contributed by atoms with van der Waals surface area (Å²) >= 11 is 3.27. The largest absolute Gasteiger partial charge is 0.324 e. The van der Waals surface area contributed by atoms with E-state index in [1.165, 1.54) is 0 Å². The van der Waals surface area contributed by atoms with Gasteiger partial charge in [-0.15, -0.1) is 0 Å². The minimum absolute atomic E-state index is 0.210. The van der Waals surface area contributed by atoms with Crippen molar-refractivity contribution in [1.29, 1.82) is 0 Å². The summed E-state index contributed by atoms with van der Waals surface area (Å²) in [5, 5.41) is 0. The van der Waals surface area contributed by atoms with Crippen LogP contribution in [0, 0.1) is 0 Å². The molecule has 3 aromatic rings. The summed E-state index contributed by atoms with van der Waals surface area (Å²) in [4.78, 5) is 0.210. The predicted octanol–water partition coefficient (Wildman–Crippen LogP) is 4.04. The number of benzene rings is 2. The Morgan fingerprint density at radius 2 is 1.64 bits per heavy atom. The molecule has 1 aromatic heterocycles. The van der Waals surface area contributed by atoms with Gasteiger partial charge in [0.25, 0.3) is 10.0 Å². The van der Waals surface area contributed by atoms with Crippen LogP contribution in [0.15, 0.2) is 82.4 Å². The van der Waals surface area contributed by atoms with Crippen LogP contribution in [0.5, 0.6) is 0 Å². The highest BCUT2D eigenvalue weighted by Crippen LogP contribution is 2.24. The third kappa shape index (κ3) is 3.08. The number of hydrogen-bond donors (Lipinski definition) is 1. The maximum absolute atomic E-state index is 12.5. The van der Waals surface area contributed by atoms with Gasteiger partial charge in [0, 0.05) is 22.6 Å². The molecule has 6 heteroatoms. The number of hydrogen-bond acceptors (Lipinski definition) is 2. The maximum atomic E-state index is 12.5. The molecule has 0 fully saturated rings. The van der Waals surface area contributed by atoms with Crippen LogP contribution in [0.1, 0.15) is 0 Å². The average Bonchev–Trinajstić information content (AvgIpc) is 3.01. The summed E-state index contributed by atoms with van der Waals surface area (Å²) in [6.07, 6.45) is 3.81.